The van der Waals surface area contributed by atoms with Crippen molar-refractivity contribution < 1.29 is 0 Å². The van der Waals surface area contributed by atoms with Crippen LogP contribution in [-0.2, 0) is 13.1 Å². The van der Waals surface area contributed by atoms with E-state index in [-0.39, 0.29) is 5.56 Å². The number of hydrogen-bond donors (Lipinski definition) is 1. The zero-order chi connectivity index (χ0) is 21.8. The van der Waals surface area contributed by atoms with Crippen LogP contribution in [0.15, 0.2) is 76.6 Å². The molecule has 4 rings (SSSR count). The molecule has 4 aromatic rings. The van der Waals surface area contributed by atoms with Crippen molar-refractivity contribution in [1.82, 2.24) is 9.38 Å². The average molecular weight is 411 g/mol. The summed E-state index contributed by atoms with van der Waals surface area (Å²) in [6, 6.07) is 20.4. The van der Waals surface area contributed by atoms with Crippen molar-refractivity contribution in [2.24, 2.45) is 4.99 Å². The first kappa shape index (κ1) is 20.5. The van der Waals surface area contributed by atoms with Gasteiger partial charge in [-0.1, -0.05) is 65.7 Å². The predicted molar refractivity (Wildman–Crippen MR) is 127 cm³/mol. The summed E-state index contributed by atoms with van der Waals surface area (Å²) < 4.78 is 1.58. The molecule has 5 nitrogen and oxygen atoms in total. The average Bonchev–Trinajstić information content (AvgIpc) is 2.77. The van der Waals surface area contributed by atoms with Gasteiger partial charge in [0.1, 0.15) is 17.0 Å². The summed E-state index contributed by atoms with van der Waals surface area (Å²) in [7, 11) is 0. The molecule has 2 aromatic heterocycles. The first-order chi connectivity index (χ1) is 15.0. The zero-order valence-electron chi connectivity index (χ0n) is 18.1. The highest BCUT2D eigenvalue weighted by Gasteiger charge is 2.11. The summed E-state index contributed by atoms with van der Waals surface area (Å²) >= 11 is 0. The molecule has 0 saturated carbocycles. The molecule has 0 aliphatic rings. The van der Waals surface area contributed by atoms with Crippen molar-refractivity contribution >= 4 is 17.7 Å². The summed E-state index contributed by atoms with van der Waals surface area (Å²) in [5.41, 5.74) is 6.58. The van der Waals surface area contributed by atoms with Gasteiger partial charge in [0.15, 0.2) is 0 Å². The maximum absolute atomic E-state index is 13.2. The number of aromatic nitrogens is 2. The van der Waals surface area contributed by atoms with Gasteiger partial charge in [-0.2, -0.15) is 0 Å². The van der Waals surface area contributed by atoms with Crippen LogP contribution < -0.4 is 10.9 Å². The second-order valence-corrected chi connectivity index (χ2v) is 7.91. The van der Waals surface area contributed by atoms with Crippen molar-refractivity contribution in [3.63, 3.8) is 0 Å². The van der Waals surface area contributed by atoms with E-state index in [1.807, 2.05) is 25.3 Å². The number of benzene rings is 2. The molecule has 2 heterocycles. The topological polar surface area (TPSA) is 58.8 Å². The lowest BCUT2D eigenvalue weighted by Crippen LogP contribution is -2.22. The second-order valence-electron chi connectivity index (χ2n) is 7.91. The lowest BCUT2D eigenvalue weighted by Gasteiger charge is -2.11. The summed E-state index contributed by atoms with van der Waals surface area (Å²) in [5, 5.41) is 3.34. The normalized spacial score (nSPS) is 11.3. The predicted octanol–water partition coefficient (Wildman–Crippen LogP) is 4.85. The molecule has 0 fully saturated rings. The Labute approximate surface area is 182 Å². The van der Waals surface area contributed by atoms with E-state index >= 15 is 0 Å². The lowest BCUT2D eigenvalue weighted by atomic mass is 10.1. The molecule has 0 aliphatic carbocycles. The lowest BCUT2D eigenvalue weighted by molar-refractivity contribution is 1.01. The van der Waals surface area contributed by atoms with E-state index in [4.69, 9.17) is 4.98 Å². The van der Waals surface area contributed by atoms with Crippen molar-refractivity contribution in [2.75, 3.05) is 5.32 Å². The largest absolute Gasteiger partial charge is 0.365 e. The van der Waals surface area contributed by atoms with Gasteiger partial charge in [-0.15, -0.1) is 0 Å². The number of rotatable bonds is 6. The molecule has 0 unspecified atom stereocenters. The van der Waals surface area contributed by atoms with Gasteiger partial charge < -0.3 is 5.32 Å². The molecule has 1 N–H and O–H groups in total. The second kappa shape index (κ2) is 8.96. The first-order valence-electron chi connectivity index (χ1n) is 10.4. The fourth-order valence-corrected chi connectivity index (χ4v) is 3.34. The summed E-state index contributed by atoms with van der Waals surface area (Å²) in [6.45, 7) is 7.16. The molecule has 0 bridgehead atoms. The van der Waals surface area contributed by atoms with Gasteiger partial charge in [-0.05, 0) is 43.5 Å². The minimum absolute atomic E-state index is 0.132. The minimum Gasteiger partial charge on any atom is -0.365 e. The first-order valence-corrected chi connectivity index (χ1v) is 10.4. The molecule has 5 heteroatoms. The molecule has 0 amide bonds. The number of aliphatic imine (C=N–C) groups is 1. The van der Waals surface area contributed by atoms with Crippen LogP contribution in [0.25, 0.3) is 5.65 Å². The highest BCUT2D eigenvalue weighted by Crippen LogP contribution is 2.13. The number of fused-ring (bicyclic) bond motifs is 1. The number of aryl methyl sites for hydroxylation is 3. The number of nitrogens with one attached hydrogen (secondary N) is 1. The Bertz CT molecular complexity index is 1290. The molecule has 0 radical (unpaired) electrons. The molecular weight excluding hydrogens is 384 g/mol. The number of anilines is 1. The van der Waals surface area contributed by atoms with Crippen LogP contribution in [0, 0.1) is 20.8 Å². The van der Waals surface area contributed by atoms with Gasteiger partial charge in [-0.25, -0.2) is 4.98 Å². The monoisotopic (exact) mass is 410 g/mol. The third kappa shape index (κ3) is 4.89. The van der Waals surface area contributed by atoms with Gasteiger partial charge in [0.05, 0.1) is 6.54 Å². The zero-order valence-corrected chi connectivity index (χ0v) is 18.1. The van der Waals surface area contributed by atoms with Crippen LogP contribution in [0.4, 0.5) is 5.82 Å². The molecule has 0 saturated heterocycles. The van der Waals surface area contributed by atoms with Gasteiger partial charge in [-0.3, -0.25) is 14.2 Å². The Morgan fingerprint density at radius 2 is 1.48 bits per heavy atom. The molecule has 156 valence electrons. The fraction of sp³-hybridized carbons (Fsp3) is 0.192. The molecule has 0 spiro atoms. The third-order valence-corrected chi connectivity index (χ3v) is 5.20. The van der Waals surface area contributed by atoms with Crippen molar-refractivity contribution in [3.05, 3.63) is 111 Å². The van der Waals surface area contributed by atoms with Crippen LogP contribution in [-0.4, -0.2) is 15.6 Å². The van der Waals surface area contributed by atoms with Gasteiger partial charge in [0.25, 0.3) is 5.56 Å². The Balaban J connectivity index is 1.67. The van der Waals surface area contributed by atoms with Gasteiger partial charge >= 0.3 is 0 Å². The Morgan fingerprint density at radius 3 is 2.16 bits per heavy atom. The number of hydrogen-bond acceptors (Lipinski definition) is 4. The van der Waals surface area contributed by atoms with E-state index < -0.39 is 0 Å². The van der Waals surface area contributed by atoms with Crippen molar-refractivity contribution in [3.8, 4) is 0 Å². The van der Waals surface area contributed by atoms with Crippen LogP contribution in [0.1, 0.15) is 33.4 Å². The number of nitrogens with zero attached hydrogens (tertiary/aromatic N) is 3. The van der Waals surface area contributed by atoms with Gasteiger partial charge in [0.2, 0.25) is 0 Å². The van der Waals surface area contributed by atoms with E-state index in [9.17, 15) is 4.79 Å². The van der Waals surface area contributed by atoms with E-state index in [0.29, 0.717) is 30.1 Å². The summed E-state index contributed by atoms with van der Waals surface area (Å²) in [6.07, 6.45) is 3.45. The Kier molecular flexibility index (Phi) is 5.94. The minimum atomic E-state index is -0.132. The Morgan fingerprint density at radius 1 is 0.871 bits per heavy atom. The highest BCUT2D eigenvalue weighted by molar-refractivity contribution is 5.86. The van der Waals surface area contributed by atoms with Crippen LogP contribution >= 0.6 is 0 Å². The molecule has 2 aromatic carbocycles. The third-order valence-electron chi connectivity index (χ3n) is 5.20. The van der Waals surface area contributed by atoms with E-state index in [1.54, 1.807) is 10.6 Å². The smallest absolute Gasteiger partial charge is 0.268 e. The molecule has 0 atom stereocenters. The molecule has 0 aliphatic heterocycles. The van der Waals surface area contributed by atoms with Crippen LogP contribution in [0.2, 0.25) is 0 Å². The van der Waals surface area contributed by atoms with Gasteiger partial charge in [0, 0.05) is 19.0 Å². The summed E-state index contributed by atoms with van der Waals surface area (Å²) in [5.74, 6) is 0.544. The highest BCUT2D eigenvalue weighted by atomic mass is 16.1. The van der Waals surface area contributed by atoms with E-state index in [2.05, 4.69) is 72.7 Å². The van der Waals surface area contributed by atoms with E-state index in [1.165, 1.54) is 11.1 Å². The van der Waals surface area contributed by atoms with Crippen LogP contribution in [0.3, 0.4) is 0 Å². The maximum Gasteiger partial charge on any atom is 0.268 e. The number of pyridine rings is 1. The Hall–Kier alpha value is -3.73. The van der Waals surface area contributed by atoms with Crippen molar-refractivity contribution in [2.45, 2.75) is 33.9 Å². The standard InChI is InChI=1S/C26H26N4O/c1-18-4-9-21(10-5-18)14-27-16-23-25(28-15-22-11-6-19(2)7-12-22)29-24-13-8-20(3)17-30(24)26(23)31/h4-13,16-17,28H,14-15H2,1-3H3. The quantitative estimate of drug-likeness (QED) is 0.462. The van der Waals surface area contributed by atoms with Crippen molar-refractivity contribution in [1.29, 1.82) is 0 Å². The maximum atomic E-state index is 13.2. The summed E-state index contributed by atoms with van der Waals surface area (Å²) in [4.78, 5) is 22.5. The van der Waals surface area contributed by atoms with E-state index in [0.717, 1.165) is 16.7 Å². The molecule has 31 heavy (non-hydrogen) atoms. The SMILES string of the molecule is Cc1ccc(CN=Cc2c(NCc3ccc(C)cc3)nc3ccc(C)cn3c2=O)cc1. The molecular formula is C26H26N4O. The van der Waals surface area contributed by atoms with Crippen LogP contribution in [0.5, 0.6) is 0 Å². The fourth-order valence-electron chi connectivity index (χ4n) is 3.34.